The molecule has 1 atom stereocenters. The quantitative estimate of drug-likeness (QED) is 0.654. The third-order valence-corrected chi connectivity index (χ3v) is 3.54. The molecule has 0 saturated heterocycles. The molecule has 1 rings (SSSR count). The van der Waals surface area contributed by atoms with Crippen LogP contribution in [0, 0.1) is 5.92 Å². The summed E-state index contributed by atoms with van der Waals surface area (Å²) in [6.45, 7) is 6.42. The summed E-state index contributed by atoms with van der Waals surface area (Å²) in [5, 5.41) is 19.6. The Morgan fingerprint density at radius 2 is 2.20 bits per heavy atom. The van der Waals surface area contributed by atoms with E-state index in [1.807, 2.05) is 33.3 Å². The van der Waals surface area contributed by atoms with Crippen LogP contribution in [0.4, 0.5) is 4.79 Å². The van der Waals surface area contributed by atoms with Crippen LogP contribution in [0.1, 0.15) is 32.8 Å². The fourth-order valence-electron chi connectivity index (χ4n) is 1.62. The molecule has 1 aromatic heterocycles. The fraction of sp³-hybridized carbons (Fsp3) is 0.714. The molecule has 1 aromatic rings. The van der Waals surface area contributed by atoms with Crippen LogP contribution in [0.5, 0.6) is 0 Å². The van der Waals surface area contributed by atoms with Gasteiger partial charge < -0.3 is 15.7 Å². The minimum atomic E-state index is -0.882. The Bertz CT molecular complexity index is 427. The Morgan fingerprint density at radius 3 is 2.75 bits per heavy atom. The van der Waals surface area contributed by atoms with Gasteiger partial charge in [-0.3, -0.25) is 4.68 Å². The molecule has 0 saturated carbocycles. The van der Waals surface area contributed by atoms with Gasteiger partial charge in [0.15, 0.2) is 0 Å². The largest absolute Gasteiger partial charge is 0.388 e. The van der Waals surface area contributed by atoms with E-state index in [9.17, 15) is 9.90 Å². The van der Waals surface area contributed by atoms with Crippen molar-refractivity contribution in [3.05, 3.63) is 18.0 Å². The van der Waals surface area contributed by atoms with Gasteiger partial charge in [0.2, 0.25) is 0 Å². The second kappa shape index (κ2) is 7.28. The third-order valence-electron chi connectivity index (χ3n) is 3.54. The van der Waals surface area contributed by atoms with Crippen molar-refractivity contribution >= 4 is 6.03 Å². The second-order valence-corrected chi connectivity index (χ2v) is 5.75. The van der Waals surface area contributed by atoms with Gasteiger partial charge in [-0.25, -0.2) is 4.79 Å². The van der Waals surface area contributed by atoms with Gasteiger partial charge in [-0.2, -0.15) is 5.10 Å². The van der Waals surface area contributed by atoms with E-state index in [1.54, 1.807) is 11.6 Å². The number of amides is 2. The van der Waals surface area contributed by atoms with Crippen molar-refractivity contribution in [3.8, 4) is 0 Å². The predicted octanol–water partition coefficient (Wildman–Crippen LogP) is 1.06. The number of hydrogen-bond donors (Lipinski definition) is 3. The van der Waals surface area contributed by atoms with E-state index in [0.29, 0.717) is 6.54 Å². The first-order valence-electron chi connectivity index (χ1n) is 7.03. The van der Waals surface area contributed by atoms with Crippen LogP contribution in [0.25, 0.3) is 0 Å². The summed E-state index contributed by atoms with van der Waals surface area (Å²) in [6, 6.07) is -0.239. The van der Waals surface area contributed by atoms with E-state index in [2.05, 4.69) is 15.7 Å². The number of aliphatic hydroxyl groups is 1. The molecule has 1 heterocycles. The zero-order valence-corrected chi connectivity index (χ0v) is 12.8. The fourth-order valence-corrected chi connectivity index (χ4v) is 1.62. The molecule has 6 heteroatoms. The number of carbonyl (C=O) groups excluding carboxylic acids is 1. The second-order valence-electron chi connectivity index (χ2n) is 5.75. The molecule has 20 heavy (non-hydrogen) atoms. The zero-order valence-electron chi connectivity index (χ0n) is 12.8. The van der Waals surface area contributed by atoms with Crippen molar-refractivity contribution in [2.45, 2.75) is 39.2 Å². The highest BCUT2D eigenvalue weighted by atomic mass is 16.3. The van der Waals surface area contributed by atoms with Crippen molar-refractivity contribution in [2.24, 2.45) is 13.0 Å². The lowest BCUT2D eigenvalue weighted by Gasteiger charge is -2.27. The molecule has 0 radical (unpaired) electrons. The Kier molecular flexibility index (Phi) is 6.01. The number of urea groups is 1. The van der Waals surface area contributed by atoms with Crippen molar-refractivity contribution < 1.29 is 9.90 Å². The lowest BCUT2D eigenvalue weighted by atomic mass is 9.93. The average Bonchev–Trinajstić information content (AvgIpc) is 2.78. The number of hydrogen-bond acceptors (Lipinski definition) is 3. The first-order chi connectivity index (χ1) is 9.31. The normalized spacial score (nSPS) is 14.1. The topological polar surface area (TPSA) is 79.2 Å². The Balaban J connectivity index is 2.14. The SMILES string of the molecule is CC(C)C(C)(O)CNC(=O)NCCCc1cnn(C)c1. The first kappa shape index (κ1) is 16.5. The summed E-state index contributed by atoms with van der Waals surface area (Å²) in [5.41, 5.74) is 0.282. The van der Waals surface area contributed by atoms with Crippen molar-refractivity contribution in [1.82, 2.24) is 20.4 Å². The van der Waals surface area contributed by atoms with Gasteiger partial charge in [-0.1, -0.05) is 13.8 Å². The summed E-state index contributed by atoms with van der Waals surface area (Å²) in [4.78, 5) is 11.6. The summed E-state index contributed by atoms with van der Waals surface area (Å²) >= 11 is 0. The molecule has 0 aliphatic carbocycles. The van der Waals surface area contributed by atoms with Gasteiger partial charge in [0.05, 0.1) is 11.8 Å². The van der Waals surface area contributed by atoms with Crippen LogP contribution in [-0.2, 0) is 13.5 Å². The van der Waals surface area contributed by atoms with E-state index in [-0.39, 0.29) is 18.5 Å². The highest BCUT2D eigenvalue weighted by molar-refractivity contribution is 5.73. The molecule has 0 aliphatic rings. The summed E-state index contributed by atoms with van der Waals surface area (Å²) in [5.74, 6) is 0.0911. The summed E-state index contributed by atoms with van der Waals surface area (Å²) < 4.78 is 1.77. The smallest absolute Gasteiger partial charge is 0.314 e. The van der Waals surface area contributed by atoms with Crippen LogP contribution in [0.3, 0.4) is 0 Å². The maximum absolute atomic E-state index is 11.6. The Labute approximate surface area is 120 Å². The predicted molar refractivity (Wildman–Crippen MR) is 78.4 cm³/mol. The van der Waals surface area contributed by atoms with Crippen molar-refractivity contribution in [2.75, 3.05) is 13.1 Å². The van der Waals surface area contributed by atoms with Gasteiger partial charge in [-0.15, -0.1) is 0 Å². The third kappa shape index (κ3) is 5.61. The first-order valence-corrected chi connectivity index (χ1v) is 7.03. The molecule has 3 N–H and O–H groups in total. The molecule has 0 aliphatic heterocycles. The van der Waals surface area contributed by atoms with E-state index >= 15 is 0 Å². The number of carbonyl (C=O) groups is 1. The molecular weight excluding hydrogens is 256 g/mol. The van der Waals surface area contributed by atoms with Gasteiger partial charge in [0.25, 0.3) is 0 Å². The van der Waals surface area contributed by atoms with Crippen LogP contribution in [-0.4, -0.2) is 39.6 Å². The molecule has 0 bridgehead atoms. The number of rotatable bonds is 7. The molecule has 0 spiro atoms. The van der Waals surface area contributed by atoms with Gasteiger partial charge >= 0.3 is 6.03 Å². The van der Waals surface area contributed by atoms with E-state index in [0.717, 1.165) is 18.4 Å². The molecule has 0 aromatic carbocycles. The lowest BCUT2D eigenvalue weighted by Crippen LogP contribution is -2.47. The number of nitrogens with one attached hydrogen (secondary N) is 2. The maximum atomic E-state index is 11.6. The Morgan fingerprint density at radius 1 is 1.50 bits per heavy atom. The van der Waals surface area contributed by atoms with Crippen LogP contribution >= 0.6 is 0 Å². The molecule has 1 unspecified atom stereocenters. The lowest BCUT2D eigenvalue weighted by molar-refractivity contribution is 0.0166. The van der Waals surface area contributed by atoms with Gasteiger partial charge in [0, 0.05) is 26.3 Å². The number of nitrogens with zero attached hydrogens (tertiary/aromatic N) is 2. The maximum Gasteiger partial charge on any atom is 0.314 e. The highest BCUT2D eigenvalue weighted by Crippen LogP contribution is 2.14. The summed E-state index contributed by atoms with van der Waals surface area (Å²) in [7, 11) is 1.88. The molecule has 0 fully saturated rings. The minimum absolute atomic E-state index is 0.0911. The zero-order chi connectivity index (χ0) is 15.2. The van der Waals surface area contributed by atoms with Crippen LogP contribution < -0.4 is 10.6 Å². The monoisotopic (exact) mass is 282 g/mol. The standard InChI is InChI=1S/C14H26N4O2/c1-11(2)14(3,20)10-16-13(19)15-7-5-6-12-8-17-18(4)9-12/h8-9,11,20H,5-7,10H2,1-4H3,(H2,15,16,19). The average molecular weight is 282 g/mol. The molecular formula is C14H26N4O2. The number of aryl methyl sites for hydroxylation is 2. The highest BCUT2D eigenvalue weighted by Gasteiger charge is 2.25. The van der Waals surface area contributed by atoms with Crippen LogP contribution in [0.2, 0.25) is 0 Å². The van der Waals surface area contributed by atoms with Crippen molar-refractivity contribution in [1.29, 1.82) is 0 Å². The summed E-state index contributed by atoms with van der Waals surface area (Å²) in [6.07, 6.45) is 5.55. The van der Waals surface area contributed by atoms with Crippen molar-refractivity contribution in [3.63, 3.8) is 0 Å². The molecule has 6 nitrogen and oxygen atoms in total. The number of aromatic nitrogens is 2. The minimum Gasteiger partial charge on any atom is -0.388 e. The van der Waals surface area contributed by atoms with E-state index in [1.165, 1.54) is 0 Å². The molecule has 114 valence electrons. The Hall–Kier alpha value is -1.56. The van der Waals surface area contributed by atoms with Gasteiger partial charge in [0.1, 0.15) is 0 Å². The van der Waals surface area contributed by atoms with E-state index < -0.39 is 5.60 Å². The van der Waals surface area contributed by atoms with Gasteiger partial charge in [-0.05, 0) is 31.2 Å². The molecule has 2 amide bonds. The van der Waals surface area contributed by atoms with Crippen LogP contribution in [0.15, 0.2) is 12.4 Å². The van der Waals surface area contributed by atoms with E-state index in [4.69, 9.17) is 0 Å².